The van der Waals surface area contributed by atoms with Crippen molar-refractivity contribution >= 4 is 38.4 Å². The average Bonchev–Trinajstić information content (AvgIpc) is 2.79. The molecule has 0 aliphatic heterocycles. The van der Waals surface area contributed by atoms with Crippen LogP contribution >= 0.6 is 15.9 Å². The Labute approximate surface area is 120 Å². The second-order valence-electron chi connectivity index (χ2n) is 4.96. The maximum Gasteiger partial charge on any atom is 0.181 e. The highest BCUT2D eigenvalue weighted by atomic mass is 79.9. The van der Waals surface area contributed by atoms with Gasteiger partial charge in [-0.05, 0) is 34.0 Å². The minimum Gasteiger partial charge on any atom is -0.367 e. The van der Waals surface area contributed by atoms with Crippen molar-refractivity contribution in [2.24, 2.45) is 5.92 Å². The van der Waals surface area contributed by atoms with E-state index >= 15 is 0 Å². The van der Waals surface area contributed by atoms with E-state index in [2.05, 4.69) is 49.5 Å². The molecule has 2 aromatic heterocycles. The Morgan fingerprint density at radius 3 is 2.89 bits per heavy atom. The van der Waals surface area contributed by atoms with Gasteiger partial charge in [-0.15, -0.1) is 0 Å². The van der Waals surface area contributed by atoms with Gasteiger partial charge < -0.3 is 5.32 Å². The van der Waals surface area contributed by atoms with Crippen molar-refractivity contribution in [3.8, 4) is 0 Å². The van der Waals surface area contributed by atoms with Crippen LogP contribution in [0.5, 0.6) is 0 Å². The van der Waals surface area contributed by atoms with Crippen LogP contribution in [-0.4, -0.2) is 20.9 Å². The monoisotopic (exact) mass is 318 g/mol. The standard InChI is InChI=1S/C14H15BrN4/c1-9(2)7-16-13-14-17-8-12(15)19(14)11-6-4-3-5-10(11)18-13/h3-6,8-9H,7H2,1-2H3,(H,16,18). The minimum atomic E-state index is 0.562. The molecular formula is C14H15BrN4. The van der Waals surface area contributed by atoms with Crippen LogP contribution in [0.25, 0.3) is 16.7 Å². The minimum absolute atomic E-state index is 0.562. The Morgan fingerprint density at radius 2 is 2.11 bits per heavy atom. The Morgan fingerprint density at radius 1 is 1.32 bits per heavy atom. The van der Waals surface area contributed by atoms with Crippen molar-refractivity contribution in [1.82, 2.24) is 14.4 Å². The maximum atomic E-state index is 4.67. The van der Waals surface area contributed by atoms with Gasteiger partial charge in [-0.2, -0.15) is 0 Å². The number of anilines is 1. The summed E-state index contributed by atoms with van der Waals surface area (Å²) in [6, 6.07) is 8.07. The van der Waals surface area contributed by atoms with E-state index < -0.39 is 0 Å². The average molecular weight is 319 g/mol. The van der Waals surface area contributed by atoms with Crippen molar-refractivity contribution < 1.29 is 0 Å². The zero-order chi connectivity index (χ0) is 13.4. The maximum absolute atomic E-state index is 4.67. The Hall–Kier alpha value is -1.62. The van der Waals surface area contributed by atoms with Gasteiger partial charge in [0.05, 0.1) is 17.2 Å². The SMILES string of the molecule is CC(C)CNc1nc2ccccc2n2c(Br)cnc12. The molecule has 0 bridgehead atoms. The quantitative estimate of drug-likeness (QED) is 0.800. The molecule has 0 saturated heterocycles. The van der Waals surface area contributed by atoms with Crippen LogP contribution in [0.4, 0.5) is 5.82 Å². The zero-order valence-corrected chi connectivity index (χ0v) is 12.5. The third-order valence-electron chi connectivity index (χ3n) is 2.96. The molecule has 3 aromatic rings. The molecule has 5 heteroatoms. The van der Waals surface area contributed by atoms with E-state index in [9.17, 15) is 0 Å². The van der Waals surface area contributed by atoms with Gasteiger partial charge >= 0.3 is 0 Å². The summed E-state index contributed by atoms with van der Waals surface area (Å²) in [6.45, 7) is 5.23. The number of aromatic nitrogens is 3. The molecule has 3 rings (SSSR count). The van der Waals surface area contributed by atoms with Gasteiger partial charge in [0.1, 0.15) is 4.60 Å². The predicted molar refractivity (Wildman–Crippen MR) is 81.5 cm³/mol. The van der Waals surface area contributed by atoms with Gasteiger partial charge in [0.2, 0.25) is 0 Å². The van der Waals surface area contributed by atoms with Crippen molar-refractivity contribution in [2.75, 3.05) is 11.9 Å². The fourth-order valence-electron chi connectivity index (χ4n) is 2.06. The fraction of sp³-hybridized carbons (Fsp3) is 0.286. The number of hydrogen-bond donors (Lipinski definition) is 1. The van der Waals surface area contributed by atoms with E-state index in [1.807, 2.05) is 30.5 Å². The number of nitrogens with one attached hydrogen (secondary N) is 1. The Kier molecular flexibility index (Phi) is 3.14. The van der Waals surface area contributed by atoms with Crippen LogP contribution in [0.3, 0.4) is 0 Å². The highest BCUT2D eigenvalue weighted by Crippen LogP contribution is 2.25. The Balaban J connectivity index is 2.25. The van der Waals surface area contributed by atoms with Gasteiger partial charge in [-0.1, -0.05) is 26.0 Å². The third kappa shape index (κ3) is 2.18. The number of fused-ring (bicyclic) bond motifs is 3. The number of hydrogen-bond acceptors (Lipinski definition) is 3. The third-order valence-corrected chi connectivity index (χ3v) is 3.52. The van der Waals surface area contributed by atoms with Crippen LogP contribution in [0, 0.1) is 5.92 Å². The predicted octanol–water partition coefficient (Wildman–Crippen LogP) is 3.71. The highest BCUT2D eigenvalue weighted by molar-refractivity contribution is 9.10. The number of benzene rings is 1. The second-order valence-corrected chi connectivity index (χ2v) is 5.78. The molecule has 4 nitrogen and oxygen atoms in total. The molecule has 98 valence electrons. The van der Waals surface area contributed by atoms with Crippen LogP contribution in [0.15, 0.2) is 35.1 Å². The number of imidazole rings is 1. The molecule has 2 heterocycles. The molecular weight excluding hydrogens is 304 g/mol. The second kappa shape index (κ2) is 4.81. The molecule has 0 amide bonds. The Bertz CT molecular complexity index is 733. The van der Waals surface area contributed by atoms with Crippen LogP contribution in [-0.2, 0) is 0 Å². The lowest BCUT2D eigenvalue weighted by Crippen LogP contribution is -2.11. The number of halogens is 1. The van der Waals surface area contributed by atoms with E-state index in [0.29, 0.717) is 5.92 Å². The first-order valence-corrected chi connectivity index (χ1v) is 7.11. The summed E-state index contributed by atoms with van der Waals surface area (Å²) in [7, 11) is 0. The van der Waals surface area contributed by atoms with Gasteiger partial charge in [-0.3, -0.25) is 4.40 Å². The molecule has 19 heavy (non-hydrogen) atoms. The van der Waals surface area contributed by atoms with Crippen molar-refractivity contribution in [3.63, 3.8) is 0 Å². The van der Waals surface area contributed by atoms with Crippen molar-refractivity contribution in [2.45, 2.75) is 13.8 Å². The normalized spacial score (nSPS) is 11.6. The molecule has 0 unspecified atom stereocenters. The summed E-state index contributed by atoms with van der Waals surface area (Å²) >= 11 is 3.55. The summed E-state index contributed by atoms with van der Waals surface area (Å²) in [6.07, 6.45) is 1.81. The van der Waals surface area contributed by atoms with Crippen LogP contribution in [0.2, 0.25) is 0 Å². The first-order valence-electron chi connectivity index (χ1n) is 6.32. The summed E-state index contributed by atoms with van der Waals surface area (Å²) < 4.78 is 3.01. The van der Waals surface area contributed by atoms with Crippen molar-refractivity contribution in [3.05, 3.63) is 35.1 Å². The summed E-state index contributed by atoms with van der Waals surface area (Å²) in [5.74, 6) is 1.39. The summed E-state index contributed by atoms with van der Waals surface area (Å²) in [4.78, 5) is 9.11. The zero-order valence-electron chi connectivity index (χ0n) is 10.9. The van der Waals surface area contributed by atoms with E-state index in [1.54, 1.807) is 0 Å². The molecule has 0 radical (unpaired) electrons. The van der Waals surface area contributed by atoms with E-state index in [1.165, 1.54) is 0 Å². The molecule has 0 fully saturated rings. The molecule has 0 spiro atoms. The highest BCUT2D eigenvalue weighted by Gasteiger charge is 2.11. The number of rotatable bonds is 3. The first kappa shape index (κ1) is 12.4. The van der Waals surface area contributed by atoms with Crippen LogP contribution < -0.4 is 5.32 Å². The van der Waals surface area contributed by atoms with Crippen LogP contribution in [0.1, 0.15) is 13.8 Å². The lowest BCUT2D eigenvalue weighted by atomic mass is 10.2. The van der Waals surface area contributed by atoms with Crippen molar-refractivity contribution in [1.29, 1.82) is 0 Å². The first-order chi connectivity index (χ1) is 9.16. The molecule has 0 aliphatic carbocycles. The smallest absolute Gasteiger partial charge is 0.181 e. The molecule has 0 atom stereocenters. The van der Waals surface area contributed by atoms with Gasteiger partial charge in [0.25, 0.3) is 0 Å². The lowest BCUT2D eigenvalue weighted by Gasteiger charge is -2.11. The van der Waals surface area contributed by atoms with Gasteiger partial charge in [0.15, 0.2) is 11.5 Å². The molecule has 1 aromatic carbocycles. The lowest BCUT2D eigenvalue weighted by molar-refractivity contribution is 0.687. The molecule has 0 aliphatic rings. The number of para-hydroxylation sites is 2. The fourth-order valence-corrected chi connectivity index (χ4v) is 2.53. The van der Waals surface area contributed by atoms with Gasteiger partial charge in [0, 0.05) is 6.54 Å². The topological polar surface area (TPSA) is 42.2 Å². The number of nitrogens with zero attached hydrogens (tertiary/aromatic N) is 3. The summed E-state index contributed by atoms with van der Waals surface area (Å²) in [5, 5.41) is 3.38. The van der Waals surface area contributed by atoms with Gasteiger partial charge in [-0.25, -0.2) is 9.97 Å². The largest absolute Gasteiger partial charge is 0.367 e. The molecule has 0 saturated carbocycles. The van der Waals surface area contributed by atoms with E-state index in [0.717, 1.165) is 33.6 Å². The summed E-state index contributed by atoms with van der Waals surface area (Å²) in [5.41, 5.74) is 2.86. The molecule has 1 N–H and O–H groups in total. The van der Waals surface area contributed by atoms with E-state index in [-0.39, 0.29) is 0 Å². The van der Waals surface area contributed by atoms with E-state index in [4.69, 9.17) is 0 Å².